The first kappa shape index (κ1) is 19.0. The zero-order valence-corrected chi connectivity index (χ0v) is 15.7. The highest BCUT2D eigenvalue weighted by Gasteiger charge is 2.24. The van der Waals surface area contributed by atoms with Crippen LogP contribution in [0.1, 0.15) is 40.1 Å². The molecule has 0 aliphatic heterocycles. The molecule has 0 radical (unpaired) electrons. The molecular weight excluding hydrogens is 376 g/mol. The molecule has 0 unspecified atom stereocenters. The lowest BCUT2D eigenvalue weighted by Crippen LogP contribution is -2.13. The standard InChI is InChI=1S/C18H17F2N3O3S/c1-9-10(2)27-16(21-11(3)24)15(9)17(25)26-8-14-22-12-6-4-5-7-13(12)23(14)18(19)20/h4-7,18H,8H2,1-3H3,(H,21,24). The number of esters is 1. The minimum atomic E-state index is -2.81. The summed E-state index contributed by atoms with van der Waals surface area (Å²) in [5.74, 6) is -1.07. The van der Waals surface area contributed by atoms with Gasteiger partial charge in [0.1, 0.15) is 11.6 Å². The molecule has 1 amide bonds. The van der Waals surface area contributed by atoms with Crippen LogP contribution in [0.15, 0.2) is 24.3 Å². The molecule has 6 nitrogen and oxygen atoms in total. The number of carbonyl (C=O) groups is 2. The number of para-hydroxylation sites is 2. The van der Waals surface area contributed by atoms with Crippen molar-refractivity contribution in [2.24, 2.45) is 0 Å². The molecule has 1 aromatic carbocycles. The van der Waals surface area contributed by atoms with Crippen LogP contribution in [0.2, 0.25) is 0 Å². The van der Waals surface area contributed by atoms with E-state index in [9.17, 15) is 18.4 Å². The zero-order valence-electron chi connectivity index (χ0n) is 14.9. The summed E-state index contributed by atoms with van der Waals surface area (Å²) in [6, 6.07) is 6.47. The Bertz CT molecular complexity index is 1030. The van der Waals surface area contributed by atoms with E-state index in [1.54, 1.807) is 25.1 Å². The van der Waals surface area contributed by atoms with E-state index in [4.69, 9.17) is 4.74 Å². The van der Waals surface area contributed by atoms with Crippen molar-refractivity contribution in [2.45, 2.75) is 33.9 Å². The number of anilines is 1. The fourth-order valence-electron chi connectivity index (χ4n) is 2.74. The molecule has 27 heavy (non-hydrogen) atoms. The number of nitrogens with zero attached hydrogens (tertiary/aromatic N) is 2. The van der Waals surface area contributed by atoms with Crippen molar-refractivity contribution in [2.75, 3.05) is 5.32 Å². The van der Waals surface area contributed by atoms with Crippen LogP contribution in [0.4, 0.5) is 13.8 Å². The van der Waals surface area contributed by atoms with Gasteiger partial charge >= 0.3 is 12.5 Å². The normalized spacial score (nSPS) is 11.2. The minimum absolute atomic E-state index is 0.0507. The highest BCUT2D eigenvalue weighted by Crippen LogP contribution is 2.33. The average Bonchev–Trinajstić information content (AvgIpc) is 3.10. The molecule has 0 fully saturated rings. The Morgan fingerprint density at radius 2 is 2.00 bits per heavy atom. The van der Waals surface area contributed by atoms with Gasteiger partial charge in [0.15, 0.2) is 5.82 Å². The van der Waals surface area contributed by atoms with E-state index in [-0.39, 0.29) is 22.8 Å². The molecule has 2 heterocycles. The summed E-state index contributed by atoms with van der Waals surface area (Å²) >= 11 is 1.26. The van der Waals surface area contributed by atoms with Crippen LogP contribution in [-0.2, 0) is 16.1 Å². The molecule has 0 bridgehead atoms. The third-order valence-electron chi connectivity index (χ3n) is 4.08. The number of thiophene rings is 1. The van der Waals surface area contributed by atoms with Crippen molar-refractivity contribution in [3.63, 3.8) is 0 Å². The van der Waals surface area contributed by atoms with Crippen LogP contribution in [0, 0.1) is 13.8 Å². The minimum Gasteiger partial charge on any atom is -0.454 e. The van der Waals surface area contributed by atoms with Crippen molar-refractivity contribution < 1.29 is 23.1 Å². The number of imidazole rings is 1. The van der Waals surface area contributed by atoms with Crippen LogP contribution in [0.5, 0.6) is 0 Å². The van der Waals surface area contributed by atoms with Gasteiger partial charge in [0.25, 0.3) is 0 Å². The molecule has 142 valence electrons. The molecule has 0 aliphatic rings. The Morgan fingerprint density at radius 3 is 2.67 bits per heavy atom. The molecule has 3 aromatic rings. The van der Waals surface area contributed by atoms with Gasteiger partial charge < -0.3 is 10.1 Å². The smallest absolute Gasteiger partial charge is 0.341 e. The van der Waals surface area contributed by atoms with Gasteiger partial charge in [-0.1, -0.05) is 12.1 Å². The Morgan fingerprint density at radius 1 is 1.30 bits per heavy atom. The topological polar surface area (TPSA) is 73.2 Å². The lowest BCUT2D eigenvalue weighted by Gasteiger charge is -2.09. The van der Waals surface area contributed by atoms with Gasteiger partial charge in [0.2, 0.25) is 5.91 Å². The highest BCUT2D eigenvalue weighted by molar-refractivity contribution is 7.16. The van der Waals surface area contributed by atoms with E-state index in [1.165, 1.54) is 24.3 Å². The van der Waals surface area contributed by atoms with E-state index in [1.807, 2.05) is 6.92 Å². The average molecular weight is 393 g/mol. The third kappa shape index (κ3) is 3.68. The number of alkyl halides is 2. The number of aromatic nitrogens is 2. The van der Waals surface area contributed by atoms with Crippen LogP contribution in [0.25, 0.3) is 11.0 Å². The summed E-state index contributed by atoms with van der Waals surface area (Å²) in [4.78, 5) is 28.9. The van der Waals surface area contributed by atoms with Crippen molar-refractivity contribution in [1.29, 1.82) is 0 Å². The molecule has 9 heteroatoms. The van der Waals surface area contributed by atoms with Crippen molar-refractivity contribution in [3.05, 3.63) is 46.1 Å². The van der Waals surface area contributed by atoms with Crippen LogP contribution in [0.3, 0.4) is 0 Å². The number of amides is 1. The molecule has 0 spiro atoms. The van der Waals surface area contributed by atoms with Gasteiger partial charge in [-0.3, -0.25) is 9.36 Å². The molecule has 3 rings (SSSR count). The predicted octanol–water partition coefficient (Wildman–Crippen LogP) is 4.43. The maximum Gasteiger partial charge on any atom is 0.341 e. The van der Waals surface area contributed by atoms with Crippen LogP contribution in [-0.4, -0.2) is 21.4 Å². The number of ether oxygens (including phenoxy) is 1. The largest absolute Gasteiger partial charge is 0.454 e. The summed E-state index contributed by atoms with van der Waals surface area (Å²) in [5, 5.41) is 2.98. The third-order valence-corrected chi connectivity index (χ3v) is 5.20. The first-order valence-corrected chi connectivity index (χ1v) is 8.90. The molecule has 0 aliphatic carbocycles. The van der Waals surface area contributed by atoms with Gasteiger partial charge in [-0.15, -0.1) is 11.3 Å². The Labute approximate surface area is 157 Å². The monoisotopic (exact) mass is 393 g/mol. The lowest BCUT2D eigenvalue weighted by atomic mass is 10.1. The molecule has 1 N–H and O–H groups in total. The Hall–Kier alpha value is -2.81. The fourth-order valence-corrected chi connectivity index (χ4v) is 3.83. The number of carbonyl (C=O) groups excluding carboxylic acids is 2. The second-order valence-corrected chi connectivity index (χ2v) is 7.13. The number of benzene rings is 1. The van der Waals surface area contributed by atoms with E-state index in [2.05, 4.69) is 10.3 Å². The van der Waals surface area contributed by atoms with Gasteiger partial charge in [-0.05, 0) is 31.5 Å². The number of rotatable bonds is 5. The van der Waals surface area contributed by atoms with E-state index >= 15 is 0 Å². The van der Waals surface area contributed by atoms with Gasteiger partial charge in [0.05, 0.1) is 16.6 Å². The number of hydrogen-bond acceptors (Lipinski definition) is 5. The number of nitrogens with one attached hydrogen (secondary N) is 1. The van der Waals surface area contributed by atoms with Crippen LogP contribution >= 0.6 is 11.3 Å². The van der Waals surface area contributed by atoms with E-state index in [0.29, 0.717) is 16.1 Å². The molecule has 0 saturated carbocycles. The van der Waals surface area contributed by atoms with Crippen molar-refractivity contribution >= 4 is 39.2 Å². The van der Waals surface area contributed by atoms with Crippen molar-refractivity contribution in [1.82, 2.24) is 9.55 Å². The number of hydrogen-bond donors (Lipinski definition) is 1. The fraction of sp³-hybridized carbons (Fsp3) is 0.278. The van der Waals surface area contributed by atoms with Crippen LogP contribution < -0.4 is 5.32 Å². The predicted molar refractivity (Wildman–Crippen MR) is 98.2 cm³/mol. The molecule has 0 atom stereocenters. The second kappa shape index (κ2) is 7.43. The first-order valence-electron chi connectivity index (χ1n) is 8.08. The van der Waals surface area contributed by atoms with Crippen molar-refractivity contribution in [3.8, 4) is 0 Å². The first-order chi connectivity index (χ1) is 12.8. The Kier molecular flexibility index (Phi) is 5.22. The molecular formula is C18H17F2N3O3S. The van der Waals surface area contributed by atoms with E-state index in [0.717, 1.165) is 9.44 Å². The summed E-state index contributed by atoms with van der Waals surface area (Å²) < 4.78 is 32.9. The summed E-state index contributed by atoms with van der Waals surface area (Å²) in [7, 11) is 0. The van der Waals surface area contributed by atoms with Gasteiger partial charge in [0, 0.05) is 11.8 Å². The quantitative estimate of drug-likeness (QED) is 0.651. The highest BCUT2D eigenvalue weighted by atomic mass is 32.1. The lowest BCUT2D eigenvalue weighted by molar-refractivity contribution is -0.114. The van der Waals surface area contributed by atoms with E-state index < -0.39 is 19.1 Å². The summed E-state index contributed by atoms with van der Waals surface area (Å²) in [6.07, 6.45) is 0. The Balaban J connectivity index is 1.88. The summed E-state index contributed by atoms with van der Waals surface area (Å²) in [6.45, 7) is 1.67. The molecule has 2 aromatic heterocycles. The van der Waals surface area contributed by atoms with Gasteiger partial charge in [-0.2, -0.15) is 8.78 Å². The SMILES string of the molecule is CC(=O)Nc1sc(C)c(C)c1C(=O)OCc1nc2ccccc2n1C(F)F. The summed E-state index contributed by atoms with van der Waals surface area (Å²) in [5.41, 5.74) is 1.56. The van der Waals surface area contributed by atoms with Gasteiger partial charge in [-0.25, -0.2) is 9.78 Å². The number of halogens is 2. The number of aryl methyl sites for hydroxylation is 1. The molecule has 0 saturated heterocycles. The maximum absolute atomic E-state index is 13.4. The maximum atomic E-state index is 13.4. The zero-order chi connectivity index (χ0) is 19.7. The number of fused-ring (bicyclic) bond motifs is 1. The second-order valence-electron chi connectivity index (χ2n) is 5.91.